The molecule has 19 heavy (non-hydrogen) atoms. The average molecular weight is 270 g/mol. The molecule has 5 heteroatoms. The van der Waals surface area contributed by atoms with Crippen molar-refractivity contribution in [3.8, 4) is 0 Å². The van der Waals surface area contributed by atoms with E-state index in [1.54, 1.807) is 0 Å². The SMILES string of the molecule is CC(C)NCCCC(=O)NCCN1CCN(C)CC1. The van der Waals surface area contributed by atoms with Gasteiger partial charge in [0.15, 0.2) is 0 Å². The maximum atomic E-state index is 11.6. The summed E-state index contributed by atoms with van der Waals surface area (Å²) in [6, 6.07) is 0.500. The molecule has 1 rings (SSSR count). The van der Waals surface area contributed by atoms with Gasteiger partial charge in [0.25, 0.3) is 0 Å². The summed E-state index contributed by atoms with van der Waals surface area (Å²) in [4.78, 5) is 16.4. The number of piperazine rings is 1. The monoisotopic (exact) mass is 270 g/mol. The van der Waals surface area contributed by atoms with Crippen LogP contribution in [0.5, 0.6) is 0 Å². The topological polar surface area (TPSA) is 47.6 Å². The van der Waals surface area contributed by atoms with Crippen molar-refractivity contribution in [1.29, 1.82) is 0 Å². The Balaban J connectivity index is 1.95. The van der Waals surface area contributed by atoms with Crippen LogP contribution < -0.4 is 10.6 Å². The lowest BCUT2D eigenvalue weighted by atomic mass is 10.2. The standard InChI is InChI=1S/C14H30N4O/c1-13(2)15-6-4-5-14(19)16-7-8-18-11-9-17(3)10-12-18/h13,15H,4-12H2,1-3H3,(H,16,19). The average Bonchev–Trinajstić information content (AvgIpc) is 2.37. The van der Waals surface area contributed by atoms with Crippen LogP contribution in [0.2, 0.25) is 0 Å². The third kappa shape index (κ3) is 8.18. The molecule has 2 N–H and O–H groups in total. The summed E-state index contributed by atoms with van der Waals surface area (Å²) >= 11 is 0. The molecule has 1 fully saturated rings. The van der Waals surface area contributed by atoms with Crippen LogP contribution in [0.3, 0.4) is 0 Å². The number of nitrogens with one attached hydrogen (secondary N) is 2. The van der Waals surface area contributed by atoms with Gasteiger partial charge in [-0.05, 0) is 20.0 Å². The van der Waals surface area contributed by atoms with E-state index in [9.17, 15) is 4.79 Å². The van der Waals surface area contributed by atoms with Gasteiger partial charge in [0, 0.05) is 51.7 Å². The van der Waals surface area contributed by atoms with Crippen molar-refractivity contribution in [1.82, 2.24) is 20.4 Å². The molecule has 0 atom stereocenters. The summed E-state index contributed by atoms with van der Waals surface area (Å²) in [5.74, 6) is 0.180. The van der Waals surface area contributed by atoms with Crippen LogP contribution in [-0.4, -0.2) is 74.6 Å². The molecule has 0 radical (unpaired) electrons. The molecule has 0 saturated carbocycles. The zero-order valence-corrected chi connectivity index (χ0v) is 12.7. The summed E-state index contributed by atoms with van der Waals surface area (Å²) in [7, 11) is 2.16. The van der Waals surface area contributed by atoms with E-state index in [0.717, 1.165) is 52.2 Å². The lowest BCUT2D eigenvalue weighted by molar-refractivity contribution is -0.121. The third-order valence-corrected chi connectivity index (χ3v) is 3.48. The largest absolute Gasteiger partial charge is 0.355 e. The van der Waals surface area contributed by atoms with Crippen LogP contribution in [-0.2, 0) is 4.79 Å². The molecule has 0 aromatic carbocycles. The van der Waals surface area contributed by atoms with E-state index in [0.29, 0.717) is 12.5 Å². The Morgan fingerprint density at radius 3 is 2.47 bits per heavy atom. The molecule has 5 nitrogen and oxygen atoms in total. The fourth-order valence-electron chi connectivity index (χ4n) is 2.15. The van der Waals surface area contributed by atoms with Crippen LogP contribution in [0.15, 0.2) is 0 Å². The van der Waals surface area contributed by atoms with E-state index in [1.165, 1.54) is 0 Å². The van der Waals surface area contributed by atoms with Crippen LogP contribution in [0.25, 0.3) is 0 Å². The Labute approximate surface area is 117 Å². The first-order valence-corrected chi connectivity index (χ1v) is 7.49. The number of carbonyl (C=O) groups excluding carboxylic acids is 1. The van der Waals surface area contributed by atoms with Crippen LogP contribution >= 0.6 is 0 Å². The lowest BCUT2D eigenvalue weighted by Gasteiger charge is -2.32. The number of nitrogens with zero attached hydrogens (tertiary/aromatic N) is 2. The van der Waals surface area contributed by atoms with Gasteiger partial charge in [-0.15, -0.1) is 0 Å². The Bertz CT molecular complexity index is 250. The fourth-order valence-corrected chi connectivity index (χ4v) is 2.15. The minimum atomic E-state index is 0.180. The van der Waals surface area contributed by atoms with Gasteiger partial charge in [-0.2, -0.15) is 0 Å². The van der Waals surface area contributed by atoms with E-state index >= 15 is 0 Å². The van der Waals surface area contributed by atoms with Crippen molar-refractivity contribution in [3.63, 3.8) is 0 Å². The van der Waals surface area contributed by atoms with Gasteiger partial charge < -0.3 is 15.5 Å². The first-order valence-electron chi connectivity index (χ1n) is 7.49. The number of carbonyl (C=O) groups is 1. The van der Waals surface area contributed by atoms with Crippen molar-refractivity contribution >= 4 is 5.91 Å². The summed E-state index contributed by atoms with van der Waals surface area (Å²) in [5, 5.41) is 6.33. The predicted molar refractivity (Wildman–Crippen MR) is 79.3 cm³/mol. The maximum Gasteiger partial charge on any atom is 0.220 e. The van der Waals surface area contributed by atoms with Gasteiger partial charge >= 0.3 is 0 Å². The molecule has 1 heterocycles. The zero-order chi connectivity index (χ0) is 14.1. The third-order valence-electron chi connectivity index (χ3n) is 3.48. The number of hydrogen-bond acceptors (Lipinski definition) is 4. The molecule has 1 amide bonds. The minimum absolute atomic E-state index is 0.180. The Morgan fingerprint density at radius 2 is 1.84 bits per heavy atom. The zero-order valence-electron chi connectivity index (χ0n) is 12.7. The van der Waals surface area contributed by atoms with E-state index in [1.807, 2.05) is 0 Å². The van der Waals surface area contributed by atoms with Crippen LogP contribution in [0.1, 0.15) is 26.7 Å². The highest BCUT2D eigenvalue weighted by Crippen LogP contribution is 1.97. The first-order chi connectivity index (χ1) is 9.08. The van der Waals surface area contributed by atoms with Crippen molar-refractivity contribution < 1.29 is 4.79 Å². The molecule has 0 bridgehead atoms. The highest BCUT2D eigenvalue weighted by Gasteiger charge is 2.13. The van der Waals surface area contributed by atoms with Gasteiger partial charge in [0.05, 0.1) is 0 Å². The van der Waals surface area contributed by atoms with E-state index < -0.39 is 0 Å². The maximum absolute atomic E-state index is 11.6. The number of likely N-dealkylation sites (N-methyl/N-ethyl adjacent to an activating group) is 1. The predicted octanol–water partition coefficient (Wildman–Crippen LogP) is 0.128. The second-order valence-electron chi connectivity index (χ2n) is 5.71. The Kier molecular flexibility index (Phi) is 8.02. The molecular formula is C14H30N4O. The molecule has 0 aromatic rings. The van der Waals surface area contributed by atoms with Gasteiger partial charge in [-0.1, -0.05) is 13.8 Å². The van der Waals surface area contributed by atoms with E-state index in [-0.39, 0.29) is 5.91 Å². The number of amides is 1. The molecule has 0 unspecified atom stereocenters. The minimum Gasteiger partial charge on any atom is -0.355 e. The Morgan fingerprint density at radius 1 is 1.16 bits per heavy atom. The molecule has 1 aliphatic heterocycles. The molecule has 0 aliphatic carbocycles. The van der Waals surface area contributed by atoms with Crippen LogP contribution in [0, 0.1) is 0 Å². The highest BCUT2D eigenvalue weighted by molar-refractivity contribution is 5.75. The summed E-state index contributed by atoms with van der Waals surface area (Å²) < 4.78 is 0. The quantitative estimate of drug-likeness (QED) is 0.616. The van der Waals surface area contributed by atoms with E-state index in [2.05, 4.69) is 41.3 Å². The second kappa shape index (κ2) is 9.28. The lowest BCUT2D eigenvalue weighted by Crippen LogP contribution is -2.46. The summed E-state index contributed by atoms with van der Waals surface area (Å²) in [6.07, 6.45) is 1.54. The summed E-state index contributed by atoms with van der Waals surface area (Å²) in [5.41, 5.74) is 0. The van der Waals surface area contributed by atoms with E-state index in [4.69, 9.17) is 0 Å². The molecule has 1 saturated heterocycles. The Hall–Kier alpha value is -0.650. The van der Waals surface area contributed by atoms with Crippen LogP contribution in [0.4, 0.5) is 0 Å². The normalized spacial score (nSPS) is 17.9. The highest BCUT2D eigenvalue weighted by atomic mass is 16.1. The molecule has 1 aliphatic rings. The summed E-state index contributed by atoms with van der Waals surface area (Å²) in [6.45, 7) is 11.4. The van der Waals surface area contributed by atoms with Gasteiger partial charge in [0.1, 0.15) is 0 Å². The number of hydrogen-bond donors (Lipinski definition) is 2. The smallest absolute Gasteiger partial charge is 0.220 e. The van der Waals surface area contributed by atoms with Crippen molar-refractivity contribution in [2.75, 3.05) is 52.9 Å². The van der Waals surface area contributed by atoms with Crippen molar-refractivity contribution in [2.45, 2.75) is 32.7 Å². The first kappa shape index (κ1) is 16.4. The molecule has 0 aromatic heterocycles. The van der Waals surface area contributed by atoms with Crippen molar-refractivity contribution in [2.24, 2.45) is 0 Å². The van der Waals surface area contributed by atoms with Gasteiger partial charge in [-0.3, -0.25) is 9.69 Å². The van der Waals surface area contributed by atoms with Gasteiger partial charge in [0.2, 0.25) is 5.91 Å². The molecule has 112 valence electrons. The molecular weight excluding hydrogens is 240 g/mol. The second-order valence-corrected chi connectivity index (χ2v) is 5.71. The van der Waals surface area contributed by atoms with Gasteiger partial charge in [-0.25, -0.2) is 0 Å². The number of rotatable bonds is 8. The molecule has 0 spiro atoms. The van der Waals surface area contributed by atoms with Crippen molar-refractivity contribution in [3.05, 3.63) is 0 Å². The fraction of sp³-hybridized carbons (Fsp3) is 0.929.